The number of benzene rings is 2. The van der Waals surface area contributed by atoms with Crippen LogP contribution < -0.4 is 0 Å². The Hall–Kier alpha value is -2.74. The normalized spacial score (nSPS) is 10.9. The van der Waals surface area contributed by atoms with Crippen molar-refractivity contribution < 1.29 is 4.84 Å². The summed E-state index contributed by atoms with van der Waals surface area (Å²) < 4.78 is 2.03. The highest BCUT2D eigenvalue weighted by Crippen LogP contribution is 2.28. The van der Waals surface area contributed by atoms with Crippen LogP contribution in [0.4, 0.5) is 0 Å². The highest BCUT2D eigenvalue weighted by molar-refractivity contribution is 6.34. The van der Waals surface area contributed by atoms with Gasteiger partial charge in [0, 0.05) is 27.5 Å². The first kappa shape index (κ1) is 19.0. The number of oxime groups is 1. The van der Waals surface area contributed by atoms with Gasteiger partial charge in [-0.1, -0.05) is 46.6 Å². The average Bonchev–Trinajstić information content (AvgIpc) is 2.94. The van der Waals surface area contributed by atoms with Gasteiger partial charge < -0.3 is 9.40 Å². The molecule has 0 fully saturated rings. The highest BCUT2D eigenvalue weighted by atomic mass is 35.5. The Kier molecular flexibility index (Phi) is 5.85. The largest absolute Gasteiger partial charge is 0.391 e. The third-order valence-corrected chi connectivity index (χ3v) is 4.80. The van der Waals surface area contributed by atoms with Gasteiger partial charge in [0.25, 0.3) is 0 Å². The smallest absolute Gasteiger partial charge is 0.143 e. The van der Waals surface area contributed by atoms with Crippen LogP contribution in [-0.2, 0) is 11.4 Å². The van der Waals surface area contributed by atoms with Crippen LogP contribution in [0.25, 0.3) is 5.69 Å². The van der Waals surface area contributed by atoms with Crippen molar-refractivity contribution in [3.05, 3.63) is 86.7 Å². The van der Waals surface area contributed by atoms with Gasteiger partial charge in [-0.3, -0.25) is 0 Å². The van der Waals surface area contributed by atoms with E-state index in [-0.39, 0.29) is 6.61 Å². The molecular formula is C21H17Cl2N3O. The summed E-state index contributed by atoms with van der Waals surface area (Å²) in [5, 5.41) is 14.4. The van der Waals surface area contributed by atoms with E-state index in [4.69, 9.17) is 33.3 Å². The molecule has 0 aliphatic carbocycles. The zero-order valence-electron chi connectivity index (χ0n) is 14.9. The molecular weight excluding hydrogens is 381 g/mol. The number of rotatable bonds is 5. The van der Waals surface area contributed by atoms with Crippen LogP contribution >= 0.6 is 23.2 Å². The second-order valence-corrected chi connectivity index (χ2v) is 6.88. The molecule has 0 atom stereocenters. The predicted octanol–water partition coefficient (Wildman–Crippen LogP) is 5.82. The Balaban J connectivity index is 1.80. The van der Waals surface area contributed by atoms with Crippen molar-refractivity contribution in [2.24, 2.45) is 5.16 Å². The van der Waals surface area contributed by atoms with Crippen molar-refractivity contribution >= 4 is 29.4 Å². The maximum absolute atomic E-state index is 9.11. The number of aryl methyl sites for hydroxylation is 1. The first-order valence-corrected chi connectivity index (χ1v) is 9.04. The van der Waals surface area contributed by atoms with Gasteiger partial charge in [0.05, 0.1) is 28.6 Å². The van der Waals surface area contributed by atoms with Gasteiger partial charge in [0.2, 0.25) is 0 Å². The summed E-state index contributed by atoms with van der Waals surface area (Å²) >= 11 is 12.5. The monoisotopic (exact) mass is 397 g/mol. The van der Waals surface area contributed by atoms with Crippen LogP contribution in [0.1, 0.15) is 28.1 Å². The number of hydrogen-bond donors (Lipinski definition) is 0. The van der Waals surface area contributed by atoms with E-state index in [2.05, 4.69) is 11.2 Å². The van der Waals surface area contributed by atoms with E-state index in [0.717, 1.165) is 28.2 Å². The minimum absolute atomic E-state index is 0.235. The standard InChI is InChI=1S/C21H17Cl2N3O/c1-14-9-18(12-25-27-13-17-6-4-3-5-16(17)11-24)15(2)26(14)21-10-19(22)7-8-20(21)23/h3-10,12H,13H2,1-2H3/b25-12-. The molecule has 0 N–H and O–H groups in total. The van der Waals surface area contributed by atoms with Gasteiger partial charge in [-0.25, -0.2) is 0 Å². The minimum Gasteiger partial charge on any atom is -0.391 e. The molecule has 1 heterocycles. The third kappa shape index (κ3) is 4.16. The third-order valence-electron chi connectivity index (χ3n) is 4.24. The van der Waals surface area contributed by atoms with Crippen LogP contribution in [0, 0.1) is 25.2 Å². The van der Waals surface area contributed by atoms with E-state index in [9.17, 15) is 0 Å². The zero-order chi connectivity index (χ0) is 19.4. The zero-order valence-corrected chi connectivity index (χ0v) is 16.4. The van der Waals surface area contributed by atoms with Crippen LogP contribution in [0.15, 0.2) is 53.7 Å². The van der Waals surface area contributed by atoms with Crippen molar-refractivity contribution in [1.82, 2.24) is 4.57 Å². The average molecular weight is 398 g/mol. The van der Waals surface area contributed by atoms with Gasteiger partial charge in [-0.05, 0) is 44.2 Å². The molecule has 0 aliphatic rings. The van der Waals surface area contributed by atoms with Gasteiger partial charge in [-0.2, -0.15) is 5.26 Å². The second-order valence-electron chi connectivity index (χ2n) is 6.03. The Bertz CT molecular complexity index is 1050. The number of halogens is 2. The maximum Gasteiger partial charge on any atom is 0.143 e. The van der Waals surface area contributed by atoms with Crippen molar-refractivity contribution in [2.75, 3.05) is 0 Å². The van der Waals surface area contributed by atoms with Gasteiger partial charge in [0.15, 0.2) is 0 Å². The van der Waals surface area contributed by atoms with Crippen molar-refractivity contribution in [3.63, 3.8) is 0 Å². The molecule has 136 valence electrons. The molecule has 0 saturated carbocycles. The Labute approximate surface area is 168 Å². The fourth-order valence-corrected chi connectivity index (χ4v) is 3.27. The van der Waals surface area contributed by atoms with Crippen LogP contribution in [-0.4, -0.2) is 10.8 Å². The first-order valence-electron chi connectivity index (χ1n) is 8.29. The molecule has 6 heteroatoms. The molecule has 0 spiro atoms. The maximum atomic E-state index is 9.11. The number of hydrogen-bond acceptors (Lipinski definition) is 3. The molecule has 0 saturated heterocycles. The van der Waals surface area contributed by atoms with E-state index >= 15 is 0 Å². The van der Waals surface area contributed by atoms with Crippen LogP contribution in [0.5, 0.6) is 0 Å². The summed E-state index contributed by atoms with van der Waals surface area (Å²) in [6, 6.07) is 16.8. The molecule has 0 bridgehead atoms. The molecule has 3 aromatic rings. The molecule has 3 rings (SSSR count). The summed E-state index contributed by atoms with van der Waals surface area (Å²) in [5.74, 6) is 0. The van der Waals surface area contributed by atoms with E-state index in [0.29, 0.717) is 15.6 Å². The Morgan fingerprint density at radius 1 is 1.15 bits per heavy atom. The van der Waals surface area contributed by atoms with Crippen molar-refractivity contribution in [3.8, 4) is 11.8 Å². The molecule has 0 radical (unpaired) electrons. The lowest BCUT2D eigenvalue weighted by molar-refractivity contribution is 0.132. The van der Waals surface area contributed by atoms with E-state index in [1.54, 1.807) is 24.4 Å². The van der Waals surface area contributed by atoms with Crippen molar-refractivity contribution in [2.45, 2.75) is 20.5 Å². The first-order chi connectivity index (χ1) is 13.0. The molecule has 27 heavy (non-hydrogen) atoms. The molecule has 0 aliphatic heterocycles. The van der Waals surface area contributed by atoms with Gasteiger partial charge >= 0.3 is 0 Å². The van der Waals surface area contributed by atoms with Crippen molar-refractivity contribution in [1.29, 1.82) is 5.26 Å². The summed E-state index contributed by atoms with van der Waals surface area (Å²) in [6.07, 6.45) is 1.66. The Morgan fingerprint density at radius 2 is 1.93 bits per heavy atom. The summed E-state index contributed by atoms with van der Waals surface area (Å²) in [7, 11) is 0. The lowest BCUT2D eigenvalue weighted by Gasteiger charge is -2.12. The Morgan fingerprint density at radius 3 is 2.70 bits per heavy atom. The lowest BCUT2D eigenvalue weighted by atomic mass is 10.1. The molecule has 0 unspecified atom stereocenters. The minimum atomic E-state index is 0.235. The SMILES string of the molecule is Cc1cc(/C=N\OCc2ccccc2C#N)c(C)n1-c1cc(Cl)ccc1Cl. The van der Waals surface area contributed by atoms with E-state index in [1.165, 1.54) is 0 Å². The molecule has 0 amide bonds. The topological polar surface area (TPSA) is 50.3 Å². The quantitative estimate of drug-likeness (QED) is 0.402. The fraction of sp³-hybridized carbons (Fsp3) is 0.143. The molecule has 1 aromatic heterocycles. The van der Waals surface area contributed by atoms with Gasteiger partial charge in [0.1, 0.15) is 6.61 Å². The van der Waals surface area contributed by atoms with E-state index in [1.807, 2.05) is 48.7 Å². The number of nitrogens with zero attached hydrogens (tertiary/aromatic N) is 3. The predicted molar refractivity (Wildman–Crippen MR) is 109 cm³/mol. The second kappa shape index (κ2) is 8.30. The molecule has 2 aromatic carbocycles. The summed E-state index contributed by atoms with van der Waals surface area (Å²) in [4.78, 5) is 5.38. The summed E-state index contributed by atoms with van der Waals surface area (Å²) in [6.45, 7) is 4.21. The van der Waals surface area contributed by atoms with Gasteiger partial charge in [-0.15, -0.1) is 0 Å². The fourth-order valence-electron chi connectivity index (χ4n) is 2.90. The highest BCUT2D eigenvalue weighted by Gasteiger charge is 2.12. The van der Waals surface area contributed by atoms with E-state index < -0.39 is 0 Å². The number of nitriles is 1. The lowest BCUT2D eigenvalue weighted by Crippen LogP contribution is -2.00. The summed E-state index contributed by atoms with van der Waals surface area (Å²) in [5.41, 5.74) is 5.10. The number of aromatic nitrogens is 1. The molecule has 4 nitrogen and oxygen atoms in total. The van der Waals surface area contributed by atoms with Crippen LogP contribution in [0.3, 0.4) is 0 Å². The van der Waals surface area contributed by atoms with Crippen LogP contribution in [0.2, 0.25) is 10.0 Å².